The van der Waals surface area contributed by atoms with Crippen molar-refractivity contribution in [2.24, 2.45) is 0 Å². The molecule has 3 rings (SSSR count). The standard InChI is InChI=1S/C20H21F3N2O4S/c1-14-4-3-5-18(15(14)2)19(26)24-10-12-25(13-11-24)30(27,28)17-8-6-16(7-9-17)29-20(21,22)23/h3-9H,10-13H2,1-2H3. The number of sulfonamides is 1. The van der Waals surface area contributed by atoms with Crippen LogP contribution in [0, 0.1) is 13.8 Å². The topological polar surface area (TPSA) is 66.9 Å². The van der Waals surface area contributed by atoms with E-state index in [0.29, 0.717) is 5.56 Å². The molecule has 2 aromatic rings. The number of benzene rings is 2. The van der Waals surface area contributed by atoms with E-state index in [4.69, 9.17) is 0 Å². The number of hydrogen-bond donors (Lipinski definition) is 0. The summed E-state index contributed by atoms with van der Waals surface area (Å²) in [6.45, 7) is 4.43. The van der Waals surface area contributed by atoms with Gasteiger partial charge in [-0.2, -0.15) is 4.31 Å². The van der Waals surface area contributed by atoms with Crippen LogP contribution in [0.25, 0.3) is 0 Å². The molecule has 0 bridgehead atoms. The van der Waals surface area contributed by atoms with E-state index in [-0.39, 0.29) is 37.0 Å². The first kappa shape index (κ1) is 22.1. The van der Waals surface area contributed by atoms with Crippen LogP contribution in [-0.4, -0.2) is 56.1 Å². The van der Waals surface area contributed by atoms with Gasteiger partial charge in [0.1, 0.15) is 5.75 Å². The maximum absolute atomic E-state index is 12.8. The number of carbonyl (C=O) groups is 1. The second kappa shape index (κ2) is 8.27. The van der Waals surface area contributed by atoms with Gasteiger partial charge in [-0.3, -0.25) is 4.79 Å². The van der Waals surface area contributed by atoms with Crippen molar-refractivity contribution in [3.63, 3.8) is 0 Å². The van der Waals surface area contributed by atoms with Crippen LogP contribution in [0.5, 0.6) is 5.75 Å². The molecule has 10 heteroatoms. The lowest BCUT2D eigenvalue weighted by atomic mass is 10.0. The van der Waals surface area contributed by atoms with E-state index in [1.165, 1.54) is 4.31 Å². The predicted molar refractivity (Wildman–Crippen MR) is 104 cm³/mol. The molecule has 0 saturated carbocycles. The van der Waals surface area contributed by atoms with Gasteiger partial charge in [-0.05, 0) is 55.3 Å². The summed E-state index contributed by atoms with van der Waals surface area (Å²) in [4.78, 5) is 14.3. The summed E-state index contributed by atoms with van der Waals surface area (Å²) in [6, 6.07) is 9.54. The summed E-state index contributed by atoms with van der Waals surface area (Å²) in [6.07, 6.45) is -4.85. The minimum Gasteiger partial charge on any atom is -0.406 e. The van der Waals surface area contributed by atoms with E-state index >= 15 is 0 Å². The van der Waals surface area contributed by atoms with Crippen molar-refractivity contribution >= 4 is 15.9 Å². The van der Waals surface area contributed by atoms with Gasteiger partial charge < -0.3 is 9.64 Å². The van der Waals surface area contributed by atoms with E-state index in [1.807, 2.05) is 26.0 Å². The zero-order valence-electron chi connectivity index (χ0n) is 16.4. The monoisotopic (exact) mass is 442 g/mol. The predicted octanol–water partition coefficient (Wildman–Crippen LogP) is 3.35. The van der Waals surface area contributed by atoms with Crippen molar-refractivity contribution in [2.45, 2.75) is 25.1 Å². The molecule has 0 unspecified atom stereocenters. The van der Waals surface area contributed by atoms with Crippen LogP contribution >= 0.6 is 0 Å². The smallest absolute Gasteiger partial charge is 0.406 e. The lowest BCUT2D eigenvalue weighted by Crippen LogP contribution is -2.50. The molecule has 0 N–H and O–H groups in total. The molecule has 1 saturated heterocycles. The quantitative estimate of drug-likeness (QED) is 0.729. The number of halogens is 3. The third-order valence-electron chi connectivity index (χ3n) is 5.06. The number of piperazine rings is 1. The molecular formula is C20H21F3N2O4S. The van der Waals surface area contributed by atoms with Gasteiger partial charge in [-0.15, -0.1) is 13.2 Å². The van der Waals surface area contributed by atoms with E-state index in [9.17, 15) is 26.4 Å². The molecule has 0 atom stereocenters. The molecule has 162 valence electrons. The Hall–Kier alpha value is -2.59. The molecule has 30 heavy (non-hydrogen) atoms. The Morgan fingerprint density at radius 1 is 0.967 bits per heavy atom. The third-order valence-corrected chi connectivity index (χ3v) is 6.97. The second-order valence-corrected chi connectivity index (χ2v) is 8.90. The van der Waals surface area contributed by atoms with Crippen molar-refractivity contribution in [2.75, 3.05) is 26.2 Å². The minimum absolute atomic E-state index is 0.0970. The molecule has 6 nitrogen and oxygen atoms in total. The normalized spacial score (nSPS) is 15.8. The molecule has 1 amide bonds. The average molecular weight is 442 g/mol. The lowest BCUT2D eigenvalue weighted by molar-refractivity contribution is -0.274. The highest BCUT2D eigenvalue weighted by Crippen LogP contribution is 2.26. The van der Waals surface area contributed by atoms with Gasteiger partial charge in [0.05, 0.1) is 4.90 Å². The molecule has 1 fully saturated rings. The zero-order valence-corrected chi connectivity index (χ0v) is 17.3. The van der Waals surface area contributed by atoms with Crippen molar-refractivity contribution in [3.05, 3.63) is 59.2 Å². The highest BCUT2D eigenvalue weighted by Gasteiger charge is 2.33. The first-order valence-corrected chi connectivity index (χ1v) is 10.6. The number of nitrogens with zero attached hydrogens (tertiary/aromatic N) is 2. The number of ether oxygens (including phenoxy) is 1. The first-order valence-electron chi connectivity index (χ1n) is 9.20. The van der Waals surface area contributed by atoms with Crippen molar-refractivity contribution in [1.82, 2.24) is 9.21 Å². The number of hydrogen-bond acceptors (Lipinski definition) is 4. The van der Waals surface area contributed by atoms with Crippen LogP contribution in [0.2, 0.25) is 0 Å². The number of alkyl halides is 3. The van der Waals surface area contributed by atoms with Gasteiger partial charge in [0.15, 0.2) is 0 Å². The van der Waals surface area contributed by atoms with Gasteiger partial charge >= 0.3 is 6.36 Å². The fourth-order valence-corrected chi connectivity index (χ4v) is 4.67. The lowest BCUT2D eigenvalue weighted by Gasteiger charge is -2.34. The number of aryl methyl sites for hydroxylation is 1. The Balaban J connectivity index is 1.68. The summed E-state index contributed by atoms with van der Waals surface area (Å²) in [7, 11) is -3.89. The summed E-state index contributed by atoms with van der Waals surface area (Å²) in [5, 5.41) is 0. The van der Waals surface area contributed by atoms with Crippen molar-refractivity contribution < 1.29 is 31.1 Å². The SMILES string of the molecule is Cc1cccc(C(=O)N2CCN(S(=O)(=O)c3ccc(OC(F)(F)F)cc3)CC2)c1C. The maximum atomic E-state index is 12.8. The van der Waals surface area contributed by atoms with Crippen LogP contribution in [0.1, 0.15) is 21.5 Å². The Morgan fingerprint density at radius 3 is 2.13 bits per heavy atom. The van der Waals surface area contributed by atoms with Gasteiger partial charge in [-0.25, -0.2) is 8.42 Å². The number of carbonyl (C=O) groups excluding carboxylic acids is 1. The number of rotatable bonds is 4. The van der Waals surface area contributed by atoms with Crippen molar-refractivity contribution in [1.29, 1.82) is 0 Å². The molecule has 1 heterocycles. The third kappa shape index (κ3) is 4.76. The summed E-state index contributed by atoms with van der Waals surface area (Å²) >= 11 is 0. The molecule has 0 aliphatic carbocycles. The molecule has 0 spiro atoms. The van der Waals surface area contributed by atoms with Crippen LogP contribution in [0.4, 0.5) is 13.2 Å². The highest BCUT2D eigenvalue weighted by molar-refractivity contribution is 7.89. The minimum atomic E-state index is -4.85. The van der Waals surface area contributed by atoms with Gasteiger partial charge in [0, 0.05) is 31.7 Å². The molecular weight excluding hydrogens is 421 g/mol. The summed E-state index contributed by atoms with van der Waals surface area (Å²) < 4.78 is 67.3. The number of amides is 1. The van der Waals surface area contributed by atoms with Crippen LogP contribution in [0.3, 0.4) is 0 Å². The zero-order chi connectivity index (χ0) is 22.1. The molecule has 0 radical (unpaired) electrons. The summed E-state index contributed by atoms with van der Waals surface area (Å²) in [5.74, 6) is -0.646. The fourth-order valence-electron chi connectivity index (χ4n) is 3.25. The Bertz CT molecular complexity index is 1030. The second-order valence-electron chi connectivity index (χ2n) is 6.96. The Morgan fingerprint density at radius 2 is 1.57 bits per heavy atom. The van der Waals surface area contributed by atoms with E-state index in [1.54, 1.807) is 11.0 Å². The first-order chi connectivity index (χ1) is 14.0. The van der Waals surface area contributed by atoms with E-state index < -0.39 is 22.1 Å². The Labute approximate surface area is 172 Å². The van der Waals surface area contributed by atoms with Crippen molar-refractivity contribution in [3.8, 4) is 5.75 Å². The van der Waals surface area contributed by atoms with E-state index in [2.05, 4.69) is 4.74 Å². The molecule has 2 aromatic carbocycles. The van der Waals surface area contributed by atoms with Crippen LogP contribution in [-0.2, 0) is 10.0 Å². The van der Waals surface area contributed by atoms with Gasteiger partial charge in [0.2, 0.25) is 10.0 Å². The average Bonchev–Trinajstić information content (AvgIpc) is 2.69. The molecule has 0 aromatic heterocycles. The fraction of sp³-hybridized carbons (Fsp3) is 0.350. The molecule has 1 aliphatic rings. The van der Waals surface area contributed by atoms with E-state index in [0.717, 1.165) is 35.4 Å². The largest absolute Gasteiger partial charge is 0.573 e. The maximum Gasteiger partial charge on any atom is 0.573 e. The highest BCUT2D eigenvalue weighted by atomic mass is 32.2. The van der Waals surface area contributed by atoms with Gasteiger partial charge in [-0.1, -0.05) is 12.1 Å². The van der Waals surface area contributed by atoms with Crippen LogP contribution in [0.15, 0.2) is 47.4 Å². The summed E-state index contributed by atoms with van der Waals surface area (Å²) in [5.41, 5.74) is 2.48. The van der Waals surface area contributed by atoms with Crippen LogP contribution < -0.4 is 4.74 Å². The Kier molecular flexibility index (Phi) is 6.09. The molecule has 1 aliphatic heterocycles. The van der Waals surface area contributed by atoms with Gasteiger partial charge in [0.25, 0.3) is 5.91 Å².